The zero-order valence-electron chi connectivity index (χ0n) is 19.2. The van der Waals surface area contributed by atoms with Crippen LogP contribution in [0.3, 0.4) is 0 Å². The Hall–Kier alpha value is -3.36. The predicted octanol–water partition coefficient (Wildman–Crippen LogP) is 4.20. The minimum absolute atomic E-state index is 0.116. The van der Waals surface area contributed by atoms with Crippen LogP contribution in [0.5, 0.6) is 0 Å². The van der Waals surface area contributed by atoms with Crippen LogP contribution in [0.4, 0.5) is 4.79 Å². The lowest BCUT2D eigenvalue weighted by atomic mass is 10.1. The number of amides is 3. The monoisotopic (exact) mass is 477 g/mol. The fraction of sp³-hybridized carbons (Fsp3) is 0.269. The third-order valence-electron chi connectivity index (χ3n) is 5.68. The van der Waals surface area contributed by atoms with Crippen molar-refractivity contribution < 1.29 is 19.1 Å². The first kappa shape index (κ1) is 23.8. The molecule has 1 fully saturated rings. The van der Waals surface area contributed by atoms with Crippen molar-refractivity contribution in [2.45, 2.75) is 26.4 Å². The van der Waals surface area contributed by atoms with Crippen LogP contribution in [-0.2, 0) is 33.8 Å². The summed E-state index contributed by atoms with van der Waals surface area (Å²) in [6, 6.07) is 15.5. The van der Waals surface area contributed by atoms with E-state index in [-0.39, 0.29) is 30.1 Å². The standard InChI is InChI=1S/C26H27N3O4S/c1-3-19-10-7-11-21-20(16-28(24(19)21)17-23(30)27-12-13-33-2)14-22-25(31)29(26(32)34-22)15-18-8-5-4-6-9-18/h4-11,14,16H,3,12-13,15,17H2,1-2H3,(H,27,30)/b22-14-. The Balaban J connectivity index is 1.64. The zero-order chi connectivity index (χ0) is 24.1. The van der Waals surface area contributed by atoms with Crippen molar-refractivity contribution in [3.05, 3.63) is 76.3 Å². The number of imide groups is 1. The number of nitrogens with one attached hydrogen (secondary N) is 1. The van der Waals surface area contributed by atoms with E-state index in [1.54, 1.807) is 13.2 Å². The molecule has 1 aliphatic rings. The van der Waals surface area contributed by atoms with Crippen LogP contribution in [0.1, 0.15) is 23.6 Å². The number of benzene rings is 2. The van der Waals surface area contributed by atoms with Gasteiger partial charge >= 0.3 is 0 Å². The largest absolute Gasteiger partial charge is 0.383 e. The predicted molar refractivity (Wildman–Crippen MR) is 134 cm³/mol. The van der Waals surface area contributed by atoms with Gasteiger partial charge in [0.1, 0.15) is 6.54 Å². The Labute approximate surface area is 202 Å². The number of methoxy groups -OCH3 is 1. The van der Waals surface area contributed by atoms with Crippen LogP contribution in [0.25, 0.3) is 17.0 Å². The van der Waals surface area contributed by atoms with E-state index < -0.39 is 0 Å². The lowest BCUT2D eigenvalue weighted by molar-refractivity contribution is -0.123. The molecule has 1 N–H and O–H groups in total. The van der Waals surface area contributed by atoms with Gasteiger partial charge in [0.15, 0.2) is 0 Å². The van der Waals surface area contributed by atoms with E-state index >= 15 is 0 Å². The average molecular weight is 478 g/mol. The fourth-order valence-electron chi connectivity index (χ4n) is 4.04. The number of hydrogen-bond acceptors (Lipinski definition) is 5. The summed E-state index contributed by atoms with van der Waals surface area (Å²) in [6.45, 7) is 3.35. The van der Waals surface area contributed by atoms with Gasteiger partial charge in [0, 0.05) is 30.8 Å². The molecule has 0 spiro atoms. The molecule has 8 heteroatoms. The SMILES string of the molecule is CCc1cccc2c(/C=C3\SC(=O)N(Cc4ccccc4)C3=O)cn(CC(=O)NCCOC)c12. The molecule has 1 aliphatic heterocycles. The molecular formula is C26H27N3O4S. The molecule has 2 aromatic carbocycles. The van der Waals surface area contributed by atoms with Crippen molar-refractivity contribution in [3.63, 3.8) is 0 Å². The maximum absolute atomic E-state index is 13.0. The molecule has 0 bridgehead atoms. The van der Waals surface area contributed by atoms with Gasteiger partial charge in [-0.15, -0.1) is 0 Å². The maximum atomic E-state index is 13.0. The van der Waals surface area contributed by atoms with E-state index in [2.05, 4.69) is 12.2 Å². The topological polar surface area (TPSA) is 80.6 Å². The quantitative estimate of drug-likeness (QED) is 0.369. The molecule has 1 aromatic heterocycles. The third kappa shape index (κ3) is 5.08. The van der Waals surface area contributed by atoms with E-state index in [1.165, 1.54) is 4.90 Å². The van der Waals surface area contributed by atoms with Crippen LogP contribution in [0.2, 0.25) is 0 Å². The lowest BCUT2D eigenvalue weighted by Gasteiger charge is -2.12. The summed E-state index contributed by atoms with van der Waals surface area (Å²) in [5, 5.41) is 3.51. The highest BCUT2D eigenvalue weighted by Gasteiger charge is 2.35. The van der Waals surface area contributed by atoms with Crippen molar-refractivity contribution in [3.8, 4) is 0 Å². The molecule has 1 saturated heterocycles. The third-order valence-corrected chi connectivity index (χ3v) is 6.59. The van der Waals surface area contributed by atoms with E-state index in [0.29, 0.717) is 18.1 Å². The lowest BCUT2D eigenvalue weighted by Crippen LogP contribution is -2.30. The van der Waals surface area contributed by atoms with Crippen LogP contribution < -0.4 is 5.32 Å². The van der Waals surface area contributed by atoms with Crippen LogP contribution >= 0.6 is 11.8 Å². The number of aromatic nitrogens is 1. The minimum atomic E-state index is -0.302. The molecule has 0 aliphatic carbocycles. The van der Waals surface area contributed by atoms with Gasteiger partial charge < -0.3 is 14.6 Å². The Bertz CT molecular complexity index is 1250. The molecule has 34 heavy (non-hydrogen) atoms. The van der Waals surface area contributed by atoms with Gasteiger partial charge in [-0.2, -0.15) is 0 Å². The fourth-order valence-corrected chi connectivity index (χ4v) is 4.87. The van der Waals surface area contributed by atoms with Crippen molar-refractivity contribution >= 4 is 45.8 Å². The summed E-state index contributed by atoms with van der Waals surface area (Å²) in [7, 11) is 1.59. The molecule has 3 aromatic rings. The number of carbonyl (C=O) groups excluding carboxylic acids is 3. The van der Waals surface area contributed by atoms with Crippen LogP contribution in [-0.4, -0.2) is 46.8 Å². The van der Waals surface area contributed by atoms with Gasteiger partial charge in [-0.3, -0.25) is 19.3 Å². The van der Waals surface area contributed by atoms with E-state index in [0.717, 1.165) is 45.8 Å². The summed E-state index contributed by atoms with van der Waals surface area (Å²) in [4.78, 5) is 39.8. The van der Waals surface area contributed by atoms with Gasteiger partial charge in [-0.05, 0) is 35.4 Å². The molecule has 176 valence electrons. The average Bonchev–Trinajstić information content (AvgIpc) is 3.31. The second kappa shape index (κ2) is 10.7. The van der Waals surface area contributed by atoms with Gasteiger partial charge in [-0.25, -0.2) is 0 Å². The molecule has 4 rings (SSSR count). The van der Waals surface area contributed by atoms with Gasteiger partial charge in [0.25, 0.3) is 11.1 Å². The Kier molecular flexibility index (Phi) is 7.49. The molecule has 0 unspecified atom stereocenters. The van der Waals surface area contributed by atoms with Crippen molar-refractivity contribution in [2.75, 3.05) is 20.3 Å². The van der Waals surface area contributed by atoms with Crippen molar-refractivity contribution in [2.24, 2.45) is 0 Å². The molecular weight excluding hydrogens is 450 g/mol. The van der Waals surface area contributed by atoms with Crippen molar-refractivity contribution in [1.29, 1.82) is 0 Å². The number of thioether (sulfide) groups is 1. The van der Waals surface area contributed by atoms with Gasteiger partial charge in [0.05, 0.1) is 23.6 Å². The number of aryl methyl sites for hydroxylation is 1. The highest BCUT2D eigenvalue weighted by atomic mass is 32.2. The summed E-state index contributed by atoms with van der Waals surface area (Å²) in [5.41, 5.74) is 3.77. The first-order valence-corrected chi connectivity index (χ1v) is 12.0. The van der Waals surface area contributed by atoms with Crippen LogP contribution in [0, 0.1) is 0 Å². The summed E-state index contributed by atoms with van der Waals surface area (Å²) in [6.07, 6.45) is 4.45. The molecule has 2 heterocycles. The summed E-state index contributed by atoms with van der Waals surface area (Å²) in [5.74, 6) is -0.418. The van der Waals surface area contributed by atoms with Gasteiger partial charge in [0.2, 0.25) is 5.91 Å². The van der Waals surface area contributed by atoms with E-state index in [9.17, 15) is 14.4 Å². The van der Waals surface area contributed by atoms with Gasteiger partial charge in [-0.1, -0.05) is 55.5 Å². The number of nitrogens with zero attached hydrogens (tertiary/aromatic N) is 2. The second-order valence-electron chi connectivity index (χ2n) is 7.98. The Morgan fingerprint density at radius 1 is 1.12 bits per heavy atom. The maximum Gasteiger partial charge on any atom is 0.293 e. The first-order chi connectivity index (χ1) is 16.5. The molecule has 7 nitrogen and oxygen atoms in total. The number of carbonyl (C=O) groups is 3. The van der Waals surface area contributed by atoms with E-state index in [4.69, 9.17) is 4.74 Å². The molecule has 3 amide bonds. The number of hydrogen-bond donors (Lipinski definition) is 1. The first-order valence-electron chi connectivity index (χ1n) is 11.2. The molecule has 0 atom stereocenters. The Morgan fingerprint density at radius 3 is 2.65 bits per heavy atom. The highest BCUT2D eigenvalue weighted by molar-refractivity contribution is 8.18. The normalized spacial score (nSPS) is 15.0. The molecule has 0 radical (unpaired) electrons. The summed E-state index contributed by atoms with van der Waals surface area (Å²) >= 11 is 0.947. The Morgan fingerprint density at radius 2 is 1.91 bits per heavy atom. The van der Waals surface area contributed by atoms with Crippen LogP contribution in [0.15, 0.2) is 59.6 Å². The smallest absolute Gasteiger partial charge is 0.293 e. The second-order valence-corrected chi connectivity index (χ2v) is 8.97. The summed E-state index contributed by atoms with van der Waals surface area (Å²) < 4.78 is 6.91. The highest BCUT2D eigenvalue weighted by Crippen LogP contribution is 2.35. The number of ether oxygens (including phenoxy) is 1. The number of fused-ring (bicyclic) bond motifs is 1. The molecule has 0 saturated carbocycles. The van der Waals surface area contributed by atoms with E-state index in [1.807, 2.05) is 59.3 Å². The zero-order valence-corrected chi connectivity index (χ0v) is 20.1. The number of rotatable bonds is 9. The number of para-hydroxylation sites is 1. The van der Waals surface area contributed by atoms with Crippen molar-refractivity contribution in [1.82, 2.24) is 14.8 Å². The minimum Gasteiger partial charge on any atom is -0.383 e.